The molecule has 0 amide bonds. The Balaban J connectivity index is 2.10. The molecule has 0 saturated carbocycles. The summed E-state index contributed by atoms with van der Waals surface area (Å²) in [5.74, 6) is -0.229. The lowest BCUT2D eigenvalue weighted by Crippen LogP contribution is -2.05. The van der Waals surface area contributed by atoms with E-state index in [0.717, 1.165) is 11.3 Å². The maximum Gasteiger partial charge on any atom is 0.146 e. The first-order valence-electron chi connectivity index (χ1n) is 5.12. The molecule has 2 aromatic rings. The van der Waals surface area contributed by atoms with Crippen LogP contribution in [0.2, 0.25) is 0 Å². The molecule has 1 N–H and O–H groups in total. The van der Waals surface area contributed by atoms with Gasteiger partial charge in [-0.1, -0.05) is 6.07 Å². The van der Waals surface area contributed by atoms with Crippen LogP contribution in [0.15, 0.2) is 30.7 Å². The van der Waals surface area contributed by atoms with Crippen molar-refractivity contribution in [3.63, 3.8) is 0 Å². The first-order valence-corrected chi connectivity index (χ1v) is 5.12. The molecule has 84 valence electrons. The van der Waals surface area contributed by atoms with Crippen molar-refractivity contribution >= 4 is 5.69 Å². The fourth-order valence-corrected chi connectivity index (χ4v) is 1.52. The second kappa shape index (κ2) is 4.35. The van der Waals surface area contributed by atoms with Gasteiger partial charge in [-0.25, -0.2) is 9.37 Å². The van der Waals surface area contributed by atoms with Gasteiger partial charge in [0.05, 0.1) is 24.3 Å². The molecule has 16 heavy (non-hydrogen) atoms. The van der Waals surface area contributed by atoms with Crippen LogP contribution in [0, 0.1) is 12.7 Å². The SMILES string of the molecule is Cc1ccc(F)c(NCc2cncn2C)c1. The third kappa shape index (κ3) is 2.21. The summed E-state index contributed by atoms with van der Waals surface area (Å²) in [5.41, 5.74) is 2.58. The standard InChI is InChI=1S/C12H14FN3/c1-9-3-4-11(13)12(5-9)15-7-10-6-14-8-16(10)2/h3-6,8,15H,7H2,1-2H3. The van der Waals surface area contributed by atoms with Gasteiger partial charge in [0.1, 0.15) is 5.82 Å². The van der Waals surface area contributed by atoms with Gasteiger partial charge in [-0.05, 0) is 24.6 Å². The van der Waals surface area contributed by atoms with E-state index in [-0.39, 0.29) is 5.82 Å². The van der Waals surface area contributed by atoms with Crippen LogP contribution < -0.4 is 5.32 Å². The lowest BCUT2D eigenvalue weighted by Gasteiger charge is -2.08. The van der Waals surface area contributed by atoms with Crippen LogP contribution in [0.5, 0.6) is 0 Å². The number of aryl methyl sites for hydroxylation is 2. The Morgan fingerprint density at radius 1 is 1.44 bits per heavy atom. The fraction of sp³-hybridized carbons (Fsp3) is 0.250. The second-order valence-corrected chi connectivity index (χ2v) is 3.83. The Bertz CT molecular complexity index is 491. The van der Waals surface area contributed by atoms with Crippen molar-refractivity contribution < 1.29 is 4.39 Å². The number of rotatable bonds is 3. The number of aromatic nitrogens is 2. The molecular formula is C12H14FN3. The van der Waals surface area contributed by atoms with Gasteiger partial charge in [0.25, 0.3) is 0 Å². The normalized spacial score (nSPS) is 10.4. The van der Waals surface area contributed by atoms with Crippen molar-refractivity contribution in [2.24, 2.45) is 7.05 Å². The minimum Gasteiger partial charge on any atom is -0.377 e. The summed E-state index contributed by atoms with van der Waals surface area (Å²) in [6.45, 7) is 2.51. The Kier molecular flexibility index (Phi) is 2.90. The Morgan fingerprint density at radius 3 is 2.94 bits per heavy atom. The molecule has 0 fully saturated rings. The third-order valence-electron chi connectivity index (χ3n) is 2.50. The average molecular weight is 219 g/mol. The Hall–Kier alpha value is -1.84. The van der Waals surface area contributed by atoms with Crippen molar-refractivity contribution in [1.29, 1.82) is 0 Å². The van der Waals surface area contributed by atoms with E-state index in [4.69, 9.17) is 0 Å². The molecule has 0 aliphatic heterocycles. The molecule has 3 nitrogen and oxygen atoms in total. The molecule has 1 heterocycles. The Labute approximate surface area is 93.9 Å². The highest BCUT2D eigenvalue weighted by Crippen LogP contribution is 2.16. The predicted octanol–water partition coefficient (Wildman–Crippen LogP) is 2.48. The largest absolute Gasteiger partial charge is 0.377 e. The molecule has 1 aromatic heterocycles. The summed E-state index contributed by atoms with van der Waals surface area (Å²) in [4.78, 5) is 4.00. The highest BCUT2D eigenvalue weighted by atomic mass is 19.1. The van der Waals surface area contributed by atoms with Crippen LogP contribution in [0.25, 0.3) is 0 Å². The number of nitrogens with zero attached hydrogens (tertiary/aromatic N) is 2. The van der Waals surface area contributed by atoms with Crippen LogP contribution >= 0.6 is 0 Å². The van der Waals surface area contributed by atoms with E-state index in [2.05, 4.69) is 10.3 Å². The zero-order valence-electron chi connectivity index (χ0n) is 9.37. The van der Waals surface area contributed by atoms with Gasteiger partial charge in [-0.2, -0.15) is 0 Å². The average Bonchev–Trinajstić information content (AvgIpc) is 2.66. The van der Waals surface area contributed by atoms with E-state index in [9.17, 15) is 4.39 Å². The predicted molar refractivity (Wildman–Crippen MR) is 61.7 cm³/mol. The number of halogens is 1. The van der Waals surface area contributed by atoms with Crippen LogP contribution in [0.3, 0.4) is 0 Å². The quantitative estimate of drug-likeness (QED) is 0.859. The monoisotopic (exact) mass is 219 g/mol. The molecule has 0 unspecified atom stereocenters. The van der Waals surface area contributed by atoms with Crippen molar-refractivity contribution in [3.05, 3.63) is 47.8 Å². The topological polar surface area (TPSA) is 29.9 Å². The van der Waals surface area contributed by atoms with Gasteiger partial charge in [-0.15, -0.1) is 0 Å². The molecular weight excluding hydrogens is 205 g/mol. The molecule has 2 rings (SSSR count). The van der Waals surface area contributed by atoms with Gasteiger partial charge < -0.3 is 9.88 Å². The van der Waals surface area contributed by atoms with Gasteiger partial charge >= 0.3 is 0 Å². The van der Waals surface area contributed by atoms with Crippen molar-refractivity contribution in [2.75, 3.05) is 5.32 Å². The first-order chi connectivity index (χ1) is 7.66. The van der Waals surface area contributed by atoms with Gasteiger partial charge in [0.15, 0.2) is 0 Å². The summed E-state index contributed by atoms with van der Waals surface area (Å²) >= 11 is 0. The van der Waals surface area contributed by atoms with Gasteiger partial charge in [-0.3, -0.25) is 0 Å². The summed E-state index contributed by atoms with van der Waals surface area (Å²) in [6.07, 6.45) is 3.49. The highest BCUT2D eigenvalue weighted by Gasteiger charge is 2.03. The number of hydrogen-bond donors (Lipinski definition) is 1. The van der Waals surface area contributed by atoms with Crippen molar-refractivity contribution in [2.45, 2.75) is 13.5 Å². The molecule has 0 aliphatic rings. The molecule has 0 saturated heterocycles. The summed E-state index contributed by atoms with van der Waals surface area (Å²) in [5, 5.41) is 3.06. The third-order valence-corrected chi connectivity index (χ3v) is 2.50. The van der Waals surface area contributed by atoms with Crippen LogP contribution in [0.4, 0.5) is 10.1 Å². The number of imidazole rings is 1. The molecule has 0 bridgehead atoms. The van der Waals surface area contributed by atoms with Crippen molar-refractivity contribution in [3.8, 4) is 0 Å². The molecule has 1 aromatic carbocycles. The minimum atomic E-state index is -0.229. The highest BCUT2D eigenvalue weighted by molar-refractivity contribution is 5.47. The lowest BCUT2D eigenvalue weighted by molar-refractivity contribution is 0.629. The smallest absolute Gasteiger partial charge is 0.146 e. The van der Waals surface area contributed by atoms with Crippen LogP contribution in [-0.4, -0.2) is 9.55 Å². The fourth-order valence-electron chi connectivity index (χ4n) is 1.52. The maximum absolute atomic E-state index is 13.4. The van der Waals surface area contributed by atoms with E-state index < -0.39 is 0 Å². The van der Waals surface area contributed by atoms with E-state index in [0.29, 0.717) is 12.2 Å². The summed E-state index contributed by atoms with van der Waals surface area (Å²) in [7, 11) is 1.91. The molecule has 0 aliphatic carbocycles. The second-order valence-electron chi connectivity index (χ2n) is 3.83. The summed E-state index contributed by atoms with van der Waals surface area (Å²) < 4.78 is 15.3. The van der Waals surface area contributed by atoms with Crippen LogP contribution in [0.1, 0.15) is 11.3 Å². The number of benzene rings is 1. The zero-order valence-corrected chi connectivity index (χ0v) is 9.37. The zero-order chi connectivity index (χ0) is 11.5. The number of anilines is 1. The first kappa shape index (κ1) is 10.7. The molecule has 0 radical (unpaired) electrons. The number of hydrogen-bond acceptors (Lipinski definition) is 2. The summed E-state index contributed by atoms with van der Waals surface area (Å²) in [6, 6.07) is 5.02. The van der Waals surface area contributed by atoms with Crippen LogP contribution in [-0.2, 0) is 13.6 Å². The molecule has 0 spiro atoms. The number of nitrogens with one attached hydrogen (secondary N) is 1. The minimum absolute atomic E-state index is 0.229. The van der Waals surface area contributed by atoms with Gasteiger partial charge in [0, 0.05) is 13.2 Å². The van der Waals surface area contributed by atoms with E-state index in [1.54, 1.807) is 24.7 Å². The van der Waals surface area contributed by atoms with Gasteiger partial charge in [0.2, 0.25) is 0 Å². The maximum atomic E-state index is 13.4. The van der Waals surface area contributed by atoms with E-state index in [1.165, 1.54) is 6.07 Å². The Morgan fingerprint density at radius 2 is 2.25 bits per heavy atom. The van der Waals surface area contributed by atoms with E-state index >= 15 is 0 Å². The van der Waals surface area contributed by atoms with E-state index in [1.807, 2.05) is 18.5 Å². The molecule has 0 atom stereocenters. The lowest BCUT2D eigenvalue weighted by atomic mass is 10.2. The van der Waals surface area contributed by atoms with Crippen molar-refractivity contribution in [1.82, 2.24) is 9.55 Å². The molecule has 4 heteroatoms.